The Hall–Kier alpha value is -1.15. The molecule has 1 atom stereocenters. The van der Waals surface area contributed by atoms with Crippen molar-refractivity contribution in [2.24, 2.45) is 0 Å². The Morgan fingerprint density at radius 1 is 1.33 bits per heavy atom. The maximum atomic E-state index is 5.27. The maximum Gasteiger partial charge on any atom is 0.102 e. The van der Waals surface area contributed by atoms with Gasteiger partial charge < -0.3 is 5.32 Å². The van der Waals surface area contributed by atoms with E-state index in [1.807, 2.05) is 38.1 Å². The highest BCUT2D eigenvalue weighted by atomic mass is 32.1. The summed E-state index contributed by atoms with van der Waals surface area (Å²) in [5.41, 5.74) is 2.37. The number of benzene rings is 1. The molecule has 1 aromatic rings. The van der Waals surface area contributed by atoms with Crippen molar-refractivity contribution >= 4 is 17.2 Å². The highest BCUT2D eigenvalue weighted by molar-refractivity contribution is 7.80. The van der Waals surface area contributed by atoms with E-state index in [9.17, 15) is 0 Å². The molecular formula is C13H17NS. The van der Waals surface area contributed by atoms with Crippen LogP contribution in [0.2, 0.25) is 0 Å². The lowest BCUT2D eigenvalue weighted by Gasteiger charge is -2.16. The van der Waals surface area contributed by atoms with Crippen LogP contribution in [0.5, 0.6) is 0 Å². The Morgan fingerprint density at radius 3 is 2.47 bits per heavy atom. The molecule has 0 aliphatic carbocycles. The fraction of sp³-hybridized carbons (Fsp3) is 0.308. The predicted octanol–water partition coefficient (Wildman–Crippen LogP) is 3.63. The van der Waals surface area contributed by atoms with Gasteiger partial charge in [-0.25, -0.2) is 0 Å². The number of hydrogen-bond acceptors (Lipinski definition) is 1. The van der Waals surface area contributed by atoms with Crippen molar-refractivity contribution in [1.82, 2.24) is 5.32 Å². The number of nitrogens with one attached hydrogen (secondary N) is 1. The first-order valence-electron chi connectivity index (χ1n) is 5.14. The lowest BCUT2D eigenvalue weighted by molar-refractivity contribution is 0.723. The quantitative estimate of drug-likeness (QED) is 0.615. The van der Waals surface area contributed by atoms with E-state index in [1.165, 1.54) is 5.56 Å². The molecule has 0 spiro atoms. The van der Waals surface area contributed by atoms with E-state index in [1.54, 1.807) is 0 Å². The van der Waals surface area contributed by atoms with E-state index in [2.05, 4.69) is 24.4 Å². The van der Waals surface area contributed by atoms with E-state index in [0.29, 0.717) is 0 Å². The topological polar surface area (TPSA) is 12.0 Å². The van der Waals surface area contributed by atoms with Gasteiger partial charge in [-0.1, -0.05) is 48.6 Å². The Kier molecular flexibility index (Phi) is 4.50. The molecule has 1 unspecified atom stereocenters. The smallest absolute Gasteiger partial charge is 0.102 e. The lowest BCUT2D eigenvalue weighted by Crippen LogP contribution is -2.25. The zero-order valence-corrected chi connectivity index (χ0v) is 10.3. The summed E-state index contributed by atoms with van der Waals surface area (Å²) < 4.78 is 0. The standard InChI is InChI=1S/C13H17NS/c1-4-10(2)13(15)14-11(3)12-8-6-5-7-9-12/h4-9,11H,1-3H3,(H,14,15)/b10-4+. The fourth-order valence-corrected chi connectivity index (χ4v) is 1.56. The number of hydrogen-bond donors (Lipinski definition) is 1. The average molecular weight is 219 g/mol. The third kappa shape index (κ3) is 3.48. The maximum absolute atomic E-state index is 5.27. The minimum Gasteiger partial charge on any atom is -0.370 e. The van der Waals surface area contributed by atoms with E-state index in [-0.39, 0.29) is 6.04 Å². The zero-order valence-electron chi connectivity index (χ0n) is 9.45. The monoisotopic (exact) mass is 219 g/mol. The van der Waals surface area contributed by atoms with Crippen LogP contribution in [0.4, 0.5) is 0 Å². The van der Waals surface area contributed by atoms with Gasteiger partial charge in [0.2, 0.25) is 0 Å². The Morgan fingerprint density at radius 2 is 1.93 bits per heavy atom. The molecular weight excluding hydrogens is 202 g/mol. The van der Waals surface area contributed by atoms with Gasteiger partial charge in [0.1, 0.15) is 4.99 Å². The van der Waals surface area contributed by atoms with E-state index in [4.69, 9.17) is 12.2 Å². The van der Waals surface area contributed by atoms with Crippen molar-refractivity contribution in [3.63, 3.8) is 0 Å². The molecule has 0 saturated heterocycles. The molecule has 0 saturated carbocycles. The van der Waals surface area contributed by atoms with Crippen molar-refractivity contribution in [3.8, 4) is 0 Å². The highest BCUT2D eigenvalue weighted by Gasteiger charge is 2.06. The Bertz CT molecular complexity index is 354. The minimum atomic E-state index is 0.258. The Labute approximate surface area is 97.2 Å². The average Bonchev–Trinajstić information content (AvgIpc) is 2.29. The second-order valence-corrected chi connectivity index (χ2v) is 3.99. The molecule has 2 heteroatoms. The van der Waals surface area contributed by atoms with Crippen LogP contribution in [0.3, 0.4) is 0 Å². The molecule has 15 heavy (non-hydrogen) atoms. The first-order valence-corrected chi connectivity index (χ1v) is 5.54. The molecule has 1 aromatic carbocycles. The second-order valence-electron chi connectivity index (χ2n) is 3.58. The van der Waals surface area contributed by atoms with Crippen LogP contribution in [0.25, 0.3) is 0 Å². The van der Waals surface area contributed by atoms with Crippen molar-refractivity contribution < 1.29 is 0 Å². The summed E-state index contributed by atoms with van der Waals surface area (Å²) in [6.45, 7) is 6.13. The summed E-state index contributed by atoms with van der Waals surface area (Å²) in [6, 6.07) is 10.6. The molecule has 80 valence electrons. The summed E-state index contributed by atoms with van der Waals surface area (Å²) in [6.07, 6.45) is 2.02. The van der Waals surface area contributed by atoms with Gasteiger partial charge in [0.05, 0.1) is 0 Å². The summed E-state index contributed by atoms with van der Waals surface area (Å²) in [4.78, 5) is 0.828. The molecule has 0 aliphatic rings. The molecule has 0 fully saturated rings. The normalized spacial score (nSPS) is 13.4. The molecule has 1 nitrogen and oxygen atoms in total. The SMILES string of the molecule is C/C=C(\C)C(=S)NC(C)c1ccccc1. The Balaban J connectivity index is 2.65. The molecule has 0 bridgehead atoms. The highest BCUT2D eigenvalue weighted by Crippen LogP contribution is 2.12. The zero-order chi connectivity index (χ0) is 11.3. The molecule has 0 heterocycles. The van der Waals surface area contributed by atoms with Crippen LogP contribution >= 0.6 is 12.2 Å². The lowest BCUT2D eigenvalue weighted by atomic mass is 10.1. The van der Waals surface area contributed by atoms with Crippen LogP contribution in [0.1, 0.15) is 32.4 Å². The number of rotatable bonds is 3. The number of allylic oxidation sites excluding steroid dienone is 1. The van der Waals surface area contributed by atoms with Gasteiger partial charge in [-0.15, -0.1) is 0 Å². The van der Waals surface area contributed by atoms with Gasteiger partial charge in [-0.2, -0.15) is 0 Å². The first-order chi connectivity index (χ1) is 7.15. The van der Waals surface area contributed by atoms with Crippen LogP contribution in [0.15, 0.2) is 42.0 Å². The molecule has 0 radical (unpaired) electrons. The van der Waals surface area contributed by atoms with E-state index in [0.717, 1.165) is 10.6 Å². The van der Waals surface area contributed by atoms with Gasteiger partial charge in [0.15, 0.2) is 0 Å². The molecule has 0 amide bonds. The van der Waals surface area contributed by atoms with Gasteiger partial charge in [-0.3, -0.25) is 0 Å². The third-order valence-electron chi connectivity index (χ3n) is 2.44. The second kappa shape index (κ2) is 5.66. The van der Waals surface area contributed by atoms with Gasteiger partial charge in [0, 0.05) is 6.04 Å². The molecule has 1 N–H and O–H groups in total. The van der Waals surface area contributed by atoms with Gasteiger partial charge in [0.25, 0.3) is 0 Å². The third-order valence-corrected chi connectivity index (χ3v) is 2.88. The van der Waals surface area contributed by atoms with Crippen molar-refractivity contribution in [2.75, 3.05) is 0 Å². The van der Waals surface area contributed by atoms with Crippen molar-refractivity contribution in [2.45, 2.75) is 26.8 Å². The van der Waals surface area contributed by atoms with Crippen LogP contribution < -0.4 is 5.32 Å². The molecule has 0 aromatic heterocycles. The van der Waals surface area contributed by atoms with Crippen LogP contribution in [-0.2, 0) is 0 Å². The summed E-state index contributed by atoms with van der Waals surface area (Å²) >= 11 is 5.27. The van der Waals surface area contributed by atoms with Crippen molar-refractivity contribution in [3.05, 3.63) is 47.5 Å². The largest absolute Gasteiger partial charge is 0.370 e. The summed E-state index contributed by atoms with van der Waals surface area (Å²) in [5.74, 6) is 0. The van der Waals surface area contributed by atoms with Gasteiger partial charge >= 0.3 is 0 Å². The summed E-state index contributed by atoms with van der Waals surface area (Å²) in [5, 5.41) is 3.31. The fourth-order valence-electron chi connectivity index (χ4n) is 1.27. The first kappa shape index (κ1) is 11.9. The molecule has 0 aliphatic heterocycles. The van der Waals surface area contributed by atoms with E-state index >= 15 is 0 Å². The molecule has 1 rings (SSSR count). The summed E-state index contributed by atoms with van der Waals surface area (Å²) in [7, 11) is 0. The minimum absolute atomic E-state index is 0.258. The van der Waals surface area contributed by atoms with Crippen molar-refractivity contribution in [1.29, 1.82) is 0 Å². The van der Waals surface area contributed by atoms with Crippen LogP contribution in [-0.4, -0.2) is 4.99 Å². The predicted molar refractivity (Wildman–Crippen MR) is 70.0 cm³/mol. The van der Waals surface area contributed by atoms with Crippen LogP contribution in [0, 0.1) is 0 Å². The van der Waals surface area contributed by atoms with Gasteiger partial charge in [-0.05, 0) is 31.9 Å². The van der Waals surface area contributed by atoms with E-state index < -0.39 is 0 Å². The number of thiocarbonyl (C=S) groups is 1.